The number of amides is 1. The molecule has 3 aromatic rings. The summed E-state index contributed by atoms with van der Waals surface area (Å²) in [5.41, 5.74) is 7.41. The summed E-state index contributed by atoms with van der Waals surface area (Å²) >= 11 is 0. The van der Waals surface area contributed by atoms with Crippen LogP contribution in [0.2, 0.25) is 0 Å². The fourth-order valence-electron chi connectivity index (χ4n) is 6.24. The molecule has 1 amide bonds. The second-order valence-electron chi connectivity index (χ2n) is 10.3. The number of nitrogens with one attached hydrogen (secondary N) is 1. The minimum absolute atomic E-state index is 0.0922. The van der Waals surface area contributed by atoms with Gasteiger partial charge in [0.05, 0.1) is 13.1 Å². The number of carbonyl (C=O) groups excluding carboxylic acids is 1. The number of aryl methyl sites for hydroxylation is 3. The van der Waals surface area contributed by atoms with Crippen molar-refractivity contribution in [2.24, 2.45) is 0 Å². The number of anilines is 1. The monoisotopic (exact) mass is 469 g/mol. The average Bonchev–Trinajstić information content (AvgIpc) is 2.88. The van der Waals surface area contributed by atoms with Gasteiger partial charge in [-0.25, -0.2) is 0 Å². The zero-order valence-corrected chi connectivity index (χ0v) is 21.9. The molecule has 1 fully saturated rings. The Morgan fingerprint density at radius 1 is 0.914 bits per heavy atom. The molecule has 1 saturated heterocycles. The fraction of sp³-hybridized carbons (Fsp3) is 0.406. The van der Waals surface area contributed by atoms with Crippen LogP contribution in [0.15, 0.2) is 72.8 Å². The summed E-state index contributed by atoms with van der Waals surface area (Å²) in [4.78, 5) is 14.0. The average molecular weight is 470 g/mol. The van der Waals surface area contributed by atoms with Gasteiger partial charge in [-0.15, -0.1) is 0 Å². The maximum Gasteiger partial charge on any atom is 0.282 e. The fourth-order valence-corrected chi connectivity index (χ4v) is 6.24. The molecular weight excluding hydrogens is 428 g/mol. The summed E-state index contributed by atoms with van der Waals surface area (Å²) in [7, 11) is 0. The maximum absolute atomic E-state index is 14.0. The van der Waals surface area contributed by atoms with E-state index in [0.717, 1.165) is 60.2 Å². The largest absolute Gasteiger partial charge is 0.320 e. The molecule has 0 saturated carbocycles. The minimum atomic E-state index is -0.0922. The normalized spacial score (nSPS) is 20.9. The van der Waals surface area contributed by atoms with Gasteiger partial charge in [0, 0.05) is 23.6 Å². The Balaban J connectivity index is 1.72. The van der Waals surface area contributed by atoms with Crippen molar-refractivity contribution < 1.29 is 9.28 Å². The first-order chi connectivity index (χ1) is 17.0. The quantitative estimate of drug-likeness (QED) is 0.348. The smallest absolute Gasteiger partial charge is 0.282 e. The third-order valence-corrected chi connectivity index (χ3v) is 8.08. The van der Waals surface area contributed by atoms with Gasteiger partial charge in [0.25, 0.3) is 5.91 Å². The highest BCUT2D eigenvalue weighted by atomic mass is 16.2. The molecule has 3 nitrogen and oxygen atoms in total. The van der Waals surface area contributed by atoms with Crippen molar-refractivity contribution in [1.82, 2.24) is 0 Å². The Hall–Kier alpha value is -2.91. The lowest BCUT2D eigenvalue weighted by Gasteiger charge is -2.49. The predicted octanol–water partition coefficient (Wildman–Crippen LogP) is 7.18. The van der Waals surface area contributed by atoms with Gasteiger partial charge in [0.15, 0.2) is 6.04 Å². The summed E-state index contributed by atoms with van der Waals surface area (Å²) in [6.07, 6.45) is 4.17. The molecule has 3 atom stereocenters. The molecule has 1 aliphatic rings. The number of hydrogen-bond acceptors (Lipinski definition) is 1. The van der Waals surface area contributed by atoms with E-state index < -0.39 is 0 Å². The van der Waals surface area contributed by atoms with Crippen molar-refractivity contribution in [3.63, 3.8) is 0 Å². The van der Waals surface area contributed by atoms with Gasteiger partial charge in [0.2, 0.25) is 0 Å². The number of quaternary nitrogens is 1. The number of hydrogen-bond donors (Lipinski definition) is 1. The Morgan fingerprint density at radius 2 is 1.57 bits per heavy atom. The molecule has 3 aromatic carbocycles. The van der Waals surface area contributed by atoms with Crippen molar-refractivity contribution in [3.05, 3.63) is 101 Å². The van der Waals surface area contributed by atoms with Crippen LogP contribution < -0.4 is 5.32 Å². The van der Waals surface area contributed by atoms with Crippen molar-refractivity contribution in [1.29, 1.82) is 0 Å². The summed E-state index contributed by atoms with van der Waals surface area (Å²) in [6.45, 7) is 11.5. The lowest BCUT2D eigenvalue weighted by atomic mass is 9.86. The van der Waals surface area contributed by atoms with E-state index in [4.69, 9.17) is 0 Å². The second-order valence-corrected chi connectivity index (χ2v) is 10.3. The SMILES string of the molecule is CCc1ccccc1C[N+]1(C(CC)C(=O)Nc2c(C)cccc2C)CCCC(c2ccccc2)C1. The van der Waals surface area contributed by atoms with Gasteiger partial charge >= 0.3 is 0 Å². The number of nitrogens with zero attached hydrogens (tertiary/aromatic N) is 1. The van der Waals surface area contributed by atoms with Crippen LogP contribution in [-0.4, -0.2) is 29.5 Å². The van der Waals surface area contributed by atoms with Crippen LogP contribution in [0, 0.1) is 13.8 Å². The number of benzene rings is 3. The first-order valence-electron chi connectivity index (χ1n) is 13.3. The summed E-state index contributed by atoms with van der Waals surface area (Å²) < 4.78 is 0.823. The lowest BCUT2D eigenvalue weighted by molar-refractivity contribution is -0.960. The zero-order chi connectivity index (χ0) is 24.8. The molecule has 1 N–H and O–H groups in total. The summed E-state index contributed by atoms with van der Waals surface area (Å²) in [5.74, 6) is 0.633. The Morgan fingerprint density at radius 3 is 2.23 bits per heavy atom. The van der Waals surface area contributed by atoms with Gasteiger partial charge in [-0.2, -0.15) is 0 Å². The predicted molar refractivity (Wildman–Crippen MR) is 147 cm³/mol. The molecule has 1 aliphatic heterocycles. The van der Waals surface area contributed by atoms with E-state index in [2.05, 4.69) is 106 Å². The minimum Gasteiger partial charge on any atom is -0.320 e. The van der Waals surface area contributed by atoms with Crippen LogP contribution >= 0.6 is 0 Å². The van der Waals surface area contributed by atoms with E-state index in [0.29, 0.717) is 5.92 Å². The van der Waals surface area contributed by atoms with Crippen LogP contribution in [0.1, 0.15) is 66.8 Å². The van der Waals surface area contributed by atoms with E-state index in [1.165, 1.54) is 23.1 Å². The molecule has 3 heteroatoms. The van der Waals surface area contributed by atoms with Gasteiger partial charge in [-0.1, -0.05) is 86.6 Å². The maximum atomic E-state index is 14.0. The van der Waals surface area contributed by atoms with E-state index in [1.54, 1.807) is 0 Å². The Kier molecular flexibility index (Phi) is 8.07. The second kappa shape index (κ2) is 11.2. The Labute approximate surface area is 211 Å². The van der Waals surface area contributed by atoms with Crippen LogP contribution in [0.25, 0.3) is 0 Å². The first-order valence-corrected chi connectivity index (χ1v) is 13.3. The molecule has 0 aromatic heterocycles. The first kappa shape index (κ1) is 25.2. The van der Waals surface area contributed by atoms with Crippen LogP contribution in [0.3, 0.4) is 0 Å². The molecule has 0 bridgehead atoms. The number of piperidine rings is 1. The standard InChI is InChI=1S/C32H40N2O/c1-5-26-16-10-11-19-28(26)22-34(21-13-20-29(23-34)27-17-8-7-9-18-27)30(6-2)32(35)33-31-24(3)14-12-15-25(31)4/h7-12,14-19,29-30H,5-6,13,20-23H2,1-4H3/p+1. The summed E-state index contributed by atoms with van der Waals surface area (Å²) in [5, 5.41) is 3.37. The topological polar surface area (TPSA) is 29.1 Å². The van der Waals surface area contributed by atoms with Crippen LogP contribution in [0.5, 0.6) is 0 Å². The van der Waals surface area contributed by atoms with Crippen molar-refractivity contribution in [2.45, 2.75) is 71.9 Å². The van der Waals surface area contributed by atoms with E-state index in [1.807, 2.05) is 0 Å². The highest BCUT2D eigenvalue weighted by Crippen LogP contribution is 2.37. The molecule has 3 unspecified atom stereocenters. The summed E-state index contributed by atoms with van der Waals surface area (Å²) in [6, 6.07) is 25.9. The number of para-hydroxylation sites is 1. The van der Waals surface area contributed by atoms with E-state index in [9.17, 15) is 4.79 Å². The highest BCUT2D eigenvalue weighted by Gasteiger charge is 2.45. The Bertz CT molecular complexity index is 1120. The molecule has 35 heavy (non-hydrogen) atoms. The molecular formula is C32H41N2O+. The number of rotatable bonds is 8. The molecule has 0 radical (unpaired) electrons. The van der Waals surface area contributed by atoms with Gasteiger partial charge in [-0.05, 0) is 55.4 Å². The number of carbonyl (C=O) groups is 1. The van der Waals surface area contributed by atoms with Crippen molar-refractivity contribution in [3.8, 4) is 0 Å². The molecule has 184 valence electrons. The van der Waals surface area contributed by atoms with Crippen LogP contribution in [-0.2, 0) is 17.8 Å². The molecule has 0 spiro atoms. The zero-order valence-electron chi connectivity index (χ0n) is 21.9. The van der Waals surface area contributed by atoms with E-state index in [-0.39, 0.29) is 11.9 Å². The van der Waals surface area contributed by atoms with Crippen molar-refractivity contribution >= 4 is 11.6 Å². The van der Waals surface area contributed by atoms with Gasteiger partial charge < -0.3 is 9.80 Å². The third-order valence-electron chi connectivity index (χ3n) is 8.08. The van der Waals surface area contributed by atoms with Gasteiger partial charge in [-0.3, -0.25) is 4.79 Å². The molecule has 0 aliphatic carbocycles. The van der Waals surface area contributed by atoms with E-state index >= 15 is 0 Å². The molecule has 1 heterocycles. The highest BCUT2D eigenvalue weighted by molar-refractivity contribution is 5.95. The van der Waals surface area contributed by atoms with Crippen molar-refractivity contribution in [2.75, 3.05) is 18.4 Å². The van der Waals surface area contributed by atoms with Gasteiger partial charge in [0.1, 0.15) is 6.54 Å². The molecule has 4 rings (SSSR count). The lowest BCUT2D eigenvalue weighted by Crippen LogP contribution is -2.62. The third kappa shape index (κ3) is 5.51. The van der Waals surface area contributed by atoms with Crippen LogP contribution in [0.4, 0.5) is 5.69 Å². The number of likely N-dealkylation sites (tertiary alicyclic amines) is 1.